The molecule has 0 amide bonds. The van der Waals surface area contributed by atoms with Crippen molar-refractivity contribution in [1.82, 2.24) is 0 Å². The van der Waals surface area contributed by atoms with Crippen molar-refractivity contribution in [2.45, 2.75) is 32.2 Å². The van der Waals surface area contributed by atoms with Crippen LogP contribution in [-0.2, 0) is 0 Å². The monoisotopic (exact) mass is 211 g/mol. The molecule has 0 spiro atoms. The zero-order valence-electron chi connectivity index (χ0n) is 8.76. The third-order valence-corrected chi connectivity index (χ3v) is 2.66. The Balaban J connectivity index is 1.96. The van der Waals surface area contributed by atoms with Crippen molar-refractivity contribution < 1.29 is 8.78 Å². The van der Waals surface area contributed by atoms with Crippen LogP contribution in [0.2, 0.25) is 0 Å². The Hall–Kier alpha value is -1.12. The highest BCUT2D eigenvalue weighted by Gasteiger charge is 2.23. The summed E-state index contributed by atoms with van der Waals surface area (Å²) in [6, 6.07) is 3.81. The predicted octanol–water partition coefficient (Wildman–Crippen LogP) is 3.57. The first-order valence-electron chi connectivity index (χ1n) is 5.36. The van der Waals surface area contributed by atoms with Crippen LogP contribution in [0.25, 0.3) is 0 Å². The van der Waals surface area contributed by atoms with Gasteiger partial charge in [-0.05, 0) is 31.4 Å². The molecule has 0 aromatic heterocycles. The molecule has 1 aliphatic rings. The Kier molecular flexibility index (Phi) is 2.89. The van der Waals surface area contributed by atoms with Crippen LogP contribution in [0.1, 0.15) is 26.2 Å². The molecule has 0 heterocycles. The molecule has 1 fully saturated rings. The molecule has 15 heavy (non-hydrogen) atoms. The molecule has 1 N–H and O–H groups in total. The molecule has 1 saturated carbocycles. The summed E-state index contributed by atoms with van der Waals surface area (Å²) in [5, 5.41) is 3.11. The van der Waals surface area contributed by atoms with E-state index in [2.05, 4.69) is 5.32 Å². The van der Waals surface area contributed by atoms with E-state index in [0.29, 0.717) is 5.69 Å². The summed E-state index contributed by atoms with van der Waals surface area (Å²) in [6.07, 6.45) is 3.67. The summed E-state index contributed by atoms with van der Waals surface area (Å²) in [6.45, 7) is 2.04. The Morgan fingerprint density at radius 2 is 1.87 bits per heavy atom. The van der Waals surface area contributed by atoms with Gasteiger partial charge in [-0.15, -0.1) is 0 Å². The van der Waals surface area contributed by atoms with Gasteiger partial charge < -0.3 is 5.32 Å². The van der Waals surface area contributed by atoms with Crippen molar-refractivity contribution in [3.8, 4) is 0 Å². The number of benzene rings is 1. The van der Waals surface area contributed by atoms with Gasteiger partial charge in [0.15, 0.2) is 0 Å². The van der Waals surface area contributed by atoms with Crippen LogP contribution >= 0.6 is 0 Å². The van der Waals surface area contributed by atoms with Crippen molar-refractivity contribution in [3.05, 3.63) is 29.8 Å². The molecule has 1 aromatic carbocycles. The number of hydrogen-bond donors (Lipinski definition) is 1. The van der Waals surface area contributed by atoms with E-state index in [4.69, 9.17) is 0 Å². The Morgan fingerprint density at radius 1 is 1.27 bits per heavy atom. The highest BCUT2D eigenvalue weighted by Crippen LogP contribution is 2.34. The lowest BCUT2D eigenvalue weighted by Gasteiger charge is -2.14. The maximum Gasteiger partial charge on any atom is 0.128 e. The standard InChI is InChI=1S/C12H15F2N/c1-8(4-9-2-3-9)15-12-6-10(13)5-11(14)7-12/h5-9,15H,2-4H2,1H3. The van der Waals surface area contributed by atoms with Gasteiger partial charge >= 0.3 is 0 Å². The number of rotatable bonds is 4. The molecule has 0 radical (unpaired) electrons. The zero-order valence-corrected chi connectivity index (χ0v) is 8.76. The average molecular weight is 211 g/mol. The fraction of sp³-hybridized carbons (Fsp3) is 0.500. The van der Waals surface area contributed by atoms with Gasteiger partial charge in [-0.25, -0.2) is 8.78 Å². The number of hydrogen-bond acceptors (Lipinski definition) is 1. The SMILES string of the molecule is CC(CC1CC1)Nc1cc(F)cc(F)c1. The summed E-state index contributed by atoms with van der Waals surface area (Å²) >= 11 is 0. The van der Waals surface area contributed by atoms with E-state index in [0.717, 1.165) is 18.4 Å². The minimum atomic E-state index is -0.531. The molecule has 1 aliphatic carbocycles. The molecule has 1 atom stereocenters. The predicted molar refractivity (Wildman–Crippen MR) is 56.8 cm³/mol. The fourth-order valence-corrected chi connectivity index (χ4v) is 1.83. The van der Waals surface area contributed by atoms with Gasteiger partial charge in [0, 0.05) is 17.8 Å². The maximum atomic E-state index is 12.9. The normalized spacial score (nSPS) is 17.5. The van der Waals surface area contributed by atoms with Crippen LogP contribution in [0.15, 0.2) is 18.2 Å². The number of halogens is 2. The van der Waals surface area contributed by atoms with E-state index in [1.165, 1.54) is 25.0 Å². The Labute approximate surface area is 88.5 Å². The summed E-state index contributed by atoms with van der Waals surface area (Å²) in [4.78, 5) is 0. The molecule has 1 aromatic rings. The Bertz CT molecular complexity index is 327. The van der Waals surface area contributed by atoms with Gasteiger partial charge in [-0.1, -0.05) is 12.8 Å². The second-order valence-electron chi connectivity index (χ2n) is 4.38. The van der Waals surface area contributed by atoms with Gasteiger partial charge in [0.25, 0.3) is 0 Å². The van der Waals surface area contributed by atoms with Gasteiger partial charge in [0.05, 0.1) is 0 Å². The van der Waals surface area contributed by atoms with Crippen molar-refractivity contribution in [3.63, 3.8) is 0 Å². The minimum absolute atomic E-state index is 0.277. The lowest BCUT2D eigenvalue weighted by atomic mass is 10.1. The van der Waals surface area contributed by atoms with Crippen LogP contribution in [0.3, 0.4) is 0 Å². The minimum Gasteiger partial charge on any atom is -0.382 e. The molecule has 82 valence electrons. The maximum absolute atomic E-state index is 12.9. The van der Waals surface area contributed by atoms with E-state index < -0.39 is 11.6 Å². The summed E-state index contributed by atoms with van der Waals surface area (Å²) < 4.78 is 25.7. The topological polar surface area (TPSA) is 12.0 Å². The molecule has 0 bridgehead atoms. The van der Waals surface area contributed by atoms with Gasteiger partial charge in [-0.3, -0.25) is 0 Å². The third kappa shape index (κ3) is 3.18. The molecule has 3 heteroatoms. The summed E-state index contributed by atoms with van der Waals surface area (Å²) in [5.41, 5.74) is 0.528. The smallest absolute Gasteiger partial charge is 0.128 e. The van der Waals surface area contributed by atoms with Gasteiger partial charge in [-0.2, -0.15) is 0 Å². The summed E-state index contributed by atoms with van der Waals surface area (Å²) in [5.74, 6) is -0.252. The summed E-state index contributed by atoms with van der Waals surface area (Å²) in [7, 11) is 0. The number of anilines is 1. The molecule has 0 aliphatic heterocycles. The van der Waals surface area contributed by atoms with E-state index in [1.807, 2.05) is 6.92 Å². The van der Waals surface area contributed by atoms with Crippen molar-refractivity contribution >= 4 is 5.69 Å². The van der Waals surface area contributed by atoms with E-state index in [1.54, 1.807) is 0 Å². The van der Waals surface area contributed by atoms with Gasteiger partial charge in [0.2, 0.25) is 0 Å². The largest absolute Gasteiger partial charge is 0.382 e. The highest BCUT2D eigenvalue weighted by molar-refractivity contribution is 5.44. The Morgan fingerprint density at radius 3 is 2.40 bits per heavy atom. The van der Waals surface area contributed by atoms with Crippen LogP contribution in [-0.4, -0.2) is 6.04 Å². The van der Waals surface area contributed by atoms with E-state index in [9.17, 15) is 8.78 Å². The average Bonchev–Trinajstić information content (AvgIpc) is 2.85. The molecule has 1 nitrogen and oxygen atoms in total. The molecule has 1 unspecified atom stereocenters. The molecule has 0 saturated heterocycles. The zero-order chi connectivity index (χ0) is 10.8. The van der Waals surface area contributed by atoms with Crippen molar-refractivity contribution in [2.24, 2.45) is 5.92 Å². The highest BCUT2D eigenvalue weighted by atomic mass is 19.1. The second-order valence-corrected chi connectivity index (χ2v) is 4.38. The molecular formula is C12H15F2N. The van der Waals surface area contributed by atoms with Crippen molar-refractivity contribution in [2.75, 3.05) is 5.32 Å². The first-order chi connectivity index (χ1) is 7.13. The lowest BCUT2D eigenvalue weighted by Crippen LogP contribution is -2.15. The van der Waals surface area contributed by atoms with E-state index >= 15 is 0 Å². The van der Waals surface area contributed by atoms with E-state index in [-0.39, 0.29) is 6.04 Å². The van der Waals surface area contributed by atoms with Gasteiger partial charge in [0.1, 0.15) is 11.6 Å². The molecular weight excluding hydrogens is 196 g/mol. The third-order valence-electron chi connectivity index (χ3n) is 2.66. The van der Waals surface area contributed by atoms with Crippen molar-refractivity contribution in [1.29, 1.82) is 0 Å². The quantitative estimate of drug-likeness (QED) is 0.802. The van der Waals surface area contributed by atoms with Crippen LogP contribution < -0.4 is 5.32 Å². The first-order valence-corrected chi connectivity index (χ1v) is 5.36. The van der Waals surface area contributed by atoms with Crippen LogP contribution in [0.5, 0.6) is 0 Å². The molecule has 2 rings (SSSR count). The second kappa shape index (κ2) is 4.17. The van der Waals surface area contributed by atoms with Crippen LogP contribution in [0.4, 0.5) is 14.5 Å². The van der Waals surface area contributed by atoms with Crippen LogP contribution in [0, 0.1) is 17.6 Å². The fourth-order valence-electron chi connectivity index (χ4n) is 1.83. The lowest BCUT2D eigenvalue weighted by molar-refractivity contribution is 0.582. The number of nitrogens with one attached hydrogen (secondary N) is 1. The first kappa shape index (κ1) is 10.4.